The number of benzene rings is 2. The molecule has 0 fully saturated rings. The van der Waals surface area contributed by atoms with Crippen molar-refractivity contribution in [3.8, 4) is 0 Å². The molecular weight excluding hydrogens is 426 g/mol. The number of hydrogen-bond donors (Lipinski definition) is 2. The van der Waals surface area contributed by atoms with Gasteiger partial charge in [0.1, 0.15) is 6.04 Å². The predicted octanol–water partition coefficient (Wildman–Crippen LogP) is 3.29. The highest BCUT2D eigenvalue weighted by Crippen LogP contribution is 2.23. The van der Waals surface area contributed by atoms with Gasteiger partial charge in [0.2, 0.25) is 15.9 Å². The first-order chi connectivity index (χ1) is 13.9. The molecule has 7 nitrogen and oxygen atoms in total. The Morgan fingerprint density at radius 1 is 1.07 bits per heavy atom. The van der Waals surface area contributed by atoms with E-state index in [4.69, 9.17) is 11.6 Å². The lowest BCUT2D eigenvalue weighted by Crippen LogP contribution is -2.47. The predicted molar refractivity (Wildman–Crippen MR) is 118 cm³/mol. The molecule has 2 rings (SSSR count). The Bertz CT molecular complexity index is 1050. The fourth-order valence-electron chi connectivity index (χ4n) is 2.77. The Labute approximate surface area is 182 Å². The Balaban J connectivity index is 2.26. The maximum Gasteiger partial charge on any atom is 0.253 e. The third kappa shape index (κ3) is 5.38. The molecule has 9 heteroatoms. The van der Waals surface area contributed by atoms with Crippen molar-refractivity contribution in [3.63, 3.8) is 0 Å². The molecule has 1 atom stereocenters. The first-order valence-electron chi connectivity index (χ1n) is 9.34. The maximum atomic E-state index is 12.9. The van der Waals surface area contributed by atoms with Crippen molar-refractivity contribution in [1.82, 2.24) is 9.62 Å². The number of sulfonamides is 1. The molecule has 0 radical (unpaired) electrons. The molecule has 0 spiro atoms. The Kier molecular flexibility index (Phi) is 7.63. The van der Waals surface area contributed by atoms with Gasteiger partial charge >= 0.3 is 0 Å². The van der Waals surface area contributed by atoms with E-state index in [1.807, 2.05) is 0 Å². The van der Waals surface area contributed by atoms with Crippen LogP contribution in [0.25, 0.3) is 0 Å². The van der Waals surface area contributed by atoms with Crippen LogP contribution in [0.5, 0.6) is 0 Å². The highest BCUT2D eigenvalue weighted by molar-refractivity contribution is 7.89. The van der Waals surface area contributed by atoms with Crippen molar-refractivity contribution in [3.05, 3.63) is 58.6 Å². The largest absolute Gasteiger partial charge is 0.340 e. The number of nitrogens with one attached hydrogen (secondary N) is 2. The molecule has 0 aliphatic heterocycles. The minimum atomic E-state index is -3.66. The summed E-state index contributed by atoms with van der Waals surface area (Å²) in [5, 5.41) is 5.70. The van der Waals surface area contributed by atoms with Crippen molar-refractivity contribution in [2.75, 3.05) is 19.4 Å². The maximum absolute atomic E-state index is 12.9. The first kappa shape index (κ1) is 23.9. The zero-order chi connectivity index (χ0) is 22.6. The van der Waals surface area contributed by atoms with E-state index in [0.717, 1.165) is 4.31 Å². The van der Waals surface area contributed by atoms with Crippen LogP contribution in [0.1, 0.15) is 29.8 Å². The highest BCUT2D eigenvalue weighted by atomic mass is 35.5. The van der Waals surface area contributed by atoms with Crippen LogP contribution in [0.2, 0.25) is 5.02 Å². The van der Waals surface area contributed by atoms with E-state index in [9.17, 15) is 18.0 Å². The van der Waals surface area contributed by atoms with Crippen molar-refractivity contribution >= 4 is 39.1 Å². The molecule has 0 aromatic heterocycles. The molecule has 0 saturated carbocycles. The van der Waals surface area contributed by atoms with Gasteiger partial charge in [-0.3, -0.25) is 9.59 Å². The normalized spacial score (nSPS) is 12.7. The lowest BCUT2D eigenvalue weighted by molar-refractivity contribution is -0.118. The second-order valence-corrected chi connectivity index (χ2v) is 9.96. The molecule has 0 heterocycles. The molecule has 162 valence electrons. The van der Waals surface area contributed by atoms with Gasteiger partial charge in [-0.15, -0.1) is 0 Å². The van der Waals surface area contributed by atoms with Crippen molar-refractivity contribution in [2.24, 2.45) is 5.92 Å². The highest BCUT2D eigenvalue weighted by Gasteiger charge is 2.26. The molecule has 2 aromatic carbocycles. The van der Waals surface area contributed by atoms with Crippen molar-refractivity contribution in [2.45, 2.75) is 31.7 Å². The van der Waals surface area contributed by atoms with E-state index in [0.29, 0.717) is 11.3 Å². The average molecular weight is 452 g/mol. The summed E-state index contributed by atoms with van der Waals surface area (Å²) in [6.07, 6.45) is 0. The monoisotopic (exact) mass is 451 g/mol. The number of anilines is 1. The average Bonchev–Trinajstić information content (AvgIpc) is 2.67. The van der Waals surface area contributed by atoms with Gasteiger partial charge in [-0.2, -0.15) is 0 Å². The van der Waals surface area contributed by atoms with Gasteiger partial charge in [0.05, 0.1) is 15.5 Å². The van der Waals surface area contributed by atoms with Crippen LogP contribution < -0.4 is 10.6 Å². The first-order valence-corrected chi connectivity index (χ1v) is 11.2. The van der Waals surface area contributed by atoms with Gasteiger partial charge in [-0.25, -0.2) is 12.7 Å². The zero-order valence-electron chi connectivity index (χ0n) is 17.6. The summed E-state index contributed by atoms with van der Waals surface area (Å²) in [6.45, 7) is 5.28. The Morgan fingerprint density at radius 3 is 2.27 bits per heavy atom. The SMILES string of the molecule is Cc1ccc(NC(=O)[C@@H](NC(=O)c2ccccc2Cl)C(C)C)cc1S(=O)(=O)N(C)C. The summed E-state index contributed by atoms with van der Waals surface area (Å²) < 4.78 is 26.1. The van der Waals surface area contributed by atoms with Crippen LogP contribution in [0.3, 0.4) is 0 Å². The van der Waals surface area contributed by atoms with E-state index < -0.39 is 27.9 Å². The molecular formula is C21H26ClN3O4S. The van der Waals surface area contributed by atoms with Crippen LogP contribution in [0.15, 0.2) is 47.4 Å². The zero-order valence-corrected chi connectivity index (χ0v) is 19.1. The minimum absolute atomic E-state index is 0.103. The molecule has 0 saturated heterocycles. The minimum Gasteiger partial charge on any atom is -0.340 e. The lowest BCUT2D eigenvalue weighted by atomic mass is 10.0. The summed E-state index contributed by atoms with van der Waals surface area (Å²) in [7, 11) is -0.778. The fraction of sp³-hybridized carbons (Fsp3) is 0.333. The standard InChI is InChI=1S/C21H26ClN3O4S/c1-13(2)19(24-20(26)16-8-6-7-9-17(16)22)21(27)23-15-11-10-14(3)18(12-15)30(28,29)25(4)5/h6-13,19H,1-5H3,(H,23,27)(H,24,26)/t19-/m0/s1. The van der Waals surface area contributed by atoms with E-state index >= 15 is 0 Å². The fourth-order valence-corrected chi connectivity index (χ4v) is 4.14. The van der Waals surface area contributed by atoms with Crippen LogP contribution in [-0.2, 0) is 14.8 Å². The third-order valence-corrected chi connectivity index (χ3v) is 6.86. The van der Waals surface area contributed by atoms with Gasteiger partial charge in [0.15, 0.2) is 0 Å². The van der Waals surface area contributed by atoms with Gasteiger partial charge < -0.3 is 10.6 Å². The van der Waals surface area contributed by atoms with Crippen molar-refractivity contribution < 1.29 is 18.0 Å². The van der Waals surface area contributed by atoms with Crippen LogP contribution >= 0.6 is 11.6 Å². The van der Waals surface area contributed by atoms with E-state index in [-0.39, 0.29) is 21.4 Å². The van der Waals surface area contributed by atoms with E-state index in [2.05, 4.69) is 10.6 Å². The van der Waals surface area contributed by atoms with E-state index in [1.54, 1.807) is 57.2 Å². The molecule has 2 aromatic rings. The molecule has 30 heavy (non-hydrogen) atoms. The summed E-state index contributed by atoms with van der Waals surface area (Å²) in [4.78, 5) is 25.6. The second-order valence-electron chi connectivity index (χ2n) is 7.43. The van der Waals surface area contributed by atoms with Crippen LogP contribution in [0, 0.1) is 12.8 Å². The summed E-state index contributed by atoms with van der Waals surface area (Å²) in [5.41, 5.74) is 1.16. The van der Waals surface area contributed by atoms with Gasteiger partial charge in [0, 0.05) is 19.8 Å². The number of rotatable bonds is 7. The van der Waals surface area contributed by atoms with E-state index in [1.165, 1.54) is 20.2 Å². The quantitative estimate of drug-likeness (QED) is 0.675. The Morgan fingerprint density at radius 2 is 1.70 bits per heavy atom. The van der Waals surface area contributed by atoms with Crippen LogP contribution in [0.4, 0.5) is 5.69 Å². The summed E-state index contributed by atoms with van der Waals surface area (Å²) in [6, 6.07) is 10.4. The molecule has 0 bridgehead atoms. The van der Waals surface area contributed by atoms with Gasteiger partial charge in [-0.05, 0) is 42.7 Å². The molecule has 2 amide bonds. The lowest BCUT2D eigenvalue weighted by Gasteiger charge is -2.22. The van der Waals surface area contributed by atoms with Gasteiger partial charge in [-0.1, -0.05) is 43.6 Å². The Hall–Kier alpha value is -2.42. The van der Waals surface area contributed by atoms with Crippen molar-refractivity contribution in [1.29, 1.82) is 0 Å². The molecule has 0 aliphatic carbocycles. The molecule has 0 aliphatic rings. The number of nitrogens with zero attached hydrogens (tertiary/aromatic N) is 1. The topological polar surface area (TPSA) is 95.6 Å². The third-order valence-electron chi connectivity index (χ3n) is 4.57. The number of hydrogen-bond acceptors (Lipinski definition) is 4. The second kappa shape index (κ2) is 9.59. The number of halogens is 1. The summed E-state index contributed by atoms with van der Waals surface area (Å²) >= 11 is 6.07. The smallest absolute Gasteiger partial charge is 0.253 e. The number of amides is 2. The molecule has 0 unspecified atom stereocenters. The summed E-state index contributed by atoms with van der Waals surface area (Å²) in [5.74, 6) is -1.14. The number of aryl methyl sites for hydroxylation is 1. The van der Waals surface area contributed by atoms with Crippen LogP contribution in [-0.4, -0.2) is 44.7 Å². The number of carbonyl (C=O) groups is 2. The molecule has 2 N–H and O–H groups in total. The number of carbonyl (C=O) groups excluding carboxylic acids is 2. The van der Waals surface area contributed by atoms with Gasteiger partial charge in [0.25, 0.3) is 5.91 Å².